The molecule has 4 heteroatoms. The molecular formula is C38H64O4. The Kier molecular flexibility index (Phi) is 18.2. The summed E-state index contributed by atoms with van der Waals surface area (Å²) in [7, 11) is 3.68. The van der Waals surface area contributed by atoms with Crippen LogP contribution in [0.1, 0.15) is 142 Å². The van der Waals surface area contributed by atoms with Crippen molar-refractivity contribution in [2.24, 2.45) is 23.7 Å². The SMILES string of the molecule is CCCCCCCOC1CCC(C#CC2CC(OC)C(C#CC3CCC(OCCCCCCC)CC3)CC2OC)CC1. The largest absolute Gasteiger partial charge is 0.380 e. The fraction of sp³-hybridized carbons (Fsp3) is 0.895. The molecule has 0 bridgehead atoms. The number of rotatable bonds is 16. The van der Waals surface area contributed by atoms with Gasteiger partial charge in [0.25, 0.3) is 0 Å². The molecule has 0 radical (unpaired) electrons. The van der Waals surface area contributed by atoms with Gasteiger partial charge in [-0.1, -0.05) is 88.9 Å². The molecule has 3 saturated carbocycles. The van der Waals surface area contributed by atoms with E-state index in [9.17, 15) is 0 Å². The van der Waals surface area contributed by atoms with E-state index in [1.165, 1.54) is 64.2 Å². The summed E-state index contributed by atoms with van der Waals surface area (Å²) in [6.07, 6.45) is 25.2. The molecule has 3 aliphatic rings. The summed E-state index contributed by atoms with van der Waals surface area (Å²) < 4.78 is 24.3. The van der Waals surface area contributed by atoms with E-state index in [0.717, 1.165) is 77.4 Å². The Bertz CT molecular complexity index is 734. The lowest BCUT2D eigenvalue weighted by molar-refractivity contribution is -0.0374. The zero-order chi connectivity index (χ0) is 29.8. The predicted octanol–water partition coefficient (Wildman–Crippen LogP) is 9.14. The van der Waals surface area contributed by atoms with Gasteiger partial charge < -0.3 is 18.9 Å². The van der Waals surface area contributed by atoms with Crippen LogP contribution < -0.4 is 0 Å². The van der Waals surface area contributed by atoms with Crippen molar-refractivity contribution in [2.45, 2.75) is 167 Å². The molecule has 4 unspecified atom stereocenters. The molecule has 4 atom stereocenters. The van der Waals surface area contributed by atoms with Crippen molar-refractivity contribution in [3.8, 4) is 23.7 Å². The third kappa shape index (κ3) is 13.3. The summed E-state index contributed by atoms with van der Waals surface area (Å²) in [5.41, 5.74) is 0. The number of methoxy groups -OCH3 is 2. The second-order valence-electron chi connectivity index (χ2n) is 13.3. The first-order valence-corrected chi connectivity index (χ1v) is 18.0. The number of hydrogen-bond donors (Lipinski definition) is 0. The van der Waals surface area contributed by atoms with Gasteiger partial charge in [0, 0.05) is 51.1 Å². The summed E-state index contributed by atoms with van der Waals surface area (Å²) in [6.45, 7) is 6.39. The minimum absolute atomic E-state index is 0.136. The van der Waals surface area contributed by atoms with Crippen LogP contribution in [0.3, 0.4) is 0 Å². The molecule has 0 amide bonds. The maximum Gasteiger partial charge on any atom is 0.0722 e. The van der Waals surface area contributed by atoms with Gasteiger partial charge in [-0.15, -0.1) is 0 Å². The molecular weight excluding hydrogens is 520 g/mol. The third-order valence-corrected chi connectivity index (χ3v) is 9.97. The molecule has 3 rings (SSSR count). The molecule has 0 aromatic carbocycles. The highest BCUT2D eigenvalue weighted by Crippen LogP contribution is 2.34. The van der Waals surface area contributed by atoms with Crippen LogP contribution in [0.5, 0.6) is 0 Å². The van der Waals surface area contributed by atoms with Gasteiger partial charge in [-0.2, -0.15) is 0 Å². The van der Waals surface area contributed by atoms with Gasteiger partial charge in [0.1, 0.15) is 0 Å². The van der Waals surface area contributed by atoms with Crippen LogP contribution in [0.25, 0.3) is 0 Å². The van der Waals surface area contributed by atoms with Gasteiger partial charge in [0.05, 0.1) is 24.4 Å². The van der Waals surface area contributed by atoms with E-state index in [4.69, 9.17) is 18.9 Å². The average Bonchev–Trinajstić information content (AvgIpc) is 3.03. The van der Waals surface area contributed by atoms with Crippen molar-refractivity contribution in [3.63, 3.8) is 0 Å². The molecule has 3 aliphatic carbocycles. The van der Waals surface area contributed by atoms with E-state index in [1.54, 1.807) is 0 Å². The van der Waals surface area contributed by atoms with Crippen LogP contribution in [0.4, 0.5) is 0 Å². The Morgan fingerprint density at radius 1 is 0.476 bits per heavy atom. The van der Waals surface area contributed by atoms with Gasteiger partial charge in [0.15, 0.2) is 0 Å². The molecule has 0 spiro atoms. The van der Waals surface area contributed by atoms with Gasteiger partial charge >= 0.3 is 0 Å². The summed E-state index contributed by atoms with van der Waals surface area (Å²) in [5.74, 6) is 16.0. The minimum atomic E-state index is 0.136. The second-order valence-corrected chi connectivity index (χ2v) is 13.3. The summed E-state index contributed by atoms with van der Waals surface area (Å²) >= 11 is 0. The molecule has 0 aliphatic heterocycles. The van der Waals surface area contributed by atoms with Crippen LogP contribution in [0, 0.1) is 47.4 Å². The lowest BCUT2D eigenvalue weighted by atomic mass is 9.77. The quantitative estimate of drug-likeness (QED) is 0.134. The second kappa shape index (κ2) is 21.6. The molecule has 42 heavy (non-hydrogen) atoms. The maximum atomic E-state index is 6.18. The van der Waals surface area contributed by atoms with Crippen molar-refractivity contribution in [1.29, 1.82) is 0 Å². The zero-order valence-corrected chi connectivity index (χ0v) is 27.8. The first kappa shape index (κ1) is 35.4. The normalized spacial score (nSPS) is 31.5. The Balaban J connectivity index is 1.37. The fourth-order valence-electron chi connectivity index (χ4n) is 7.07. The Hall–Kier alpha value is -1.04. The molecule has 0 aromatic rings. The van der Waals surface area contributed by atoms with E-state index < -0.39 is 0 Å². The van der Waals surface area contributed by atoms with Crippen molar-refractivity contribution >= 4 is 0 Å². The predicted molar refractivity (Wildman–Crippen MR) is 174 cm³/mol. The van der Waals surface area contributed by atoms with E-state index in [2.05, 4.69) is 37.5 Å². The van der Waals surface area contributed by atoms with E-state index in [0.29, 0.717) is 24.0 Å². The number of ether oxygens (including phenoxy) is 4. The third-order valence-electron chi connectivity index (χ3n) is 9.97. The molecule has 240 valence electrons. The van der Waals surface area contributed by atoms with E-state index in [1.807, 2.05) is 14.2 Å². The van der Waals surface area contributed by atoms with Gasteiger partial charge in [0.2, 0.25) is 0 Å². The van der Waals surface area contributed by atoms with E-state index >= 15 is 0 Å². The molecule has 0 saturated heterocycles. The highest BCUT2D eigenvalue weighted by molar-refractivity contribution is 5.17. The molecule has 4 nitrogen and oxygen atoms in total. The lowest BCUT2D eigenvalue weighted by Crippen LogP contribution is -2.39. The van der Waals surface area contributed by atoms with Crippen molar-refractivity contribution in [2.75, 3.05) is 27.4 Å². The average molecular weight is 585 g/mol. The minimum Gasteiger partial charge on any atom is -0.380 e. The fourth-order valence-corrected chi connectivity index (χ4v) is 7.07. The highest BCUT2D eigenvalue weighted by atomic mass is 16.5. The van der Waals surface area contributed by atoms with Gasteiger partial charge in [-0.05, 0) is 77.0 Å². The van der Waals surface area contributed by atoms with Crippen LogP contribution >= 0.6 is 0 Å². The van der Waals surface area contributed by atoms with Crippen molar-refractivity contribution in [3.05, 3.63) is 0 Å². The number of hydrogen-bond acceptors (Lipinski definition) is 4. The smallest absolute Gasteiger partial charge is 0.0722 e. The topological polar surface area (TPSA) is 36.9 Å². The Labute approximate surface area is 260 Å². The molecule has 0 heterocycles. The first-order valence-electron chi connectivity index (χ1n) is 18.0. The van der Waals surface area contributed by atoms with Crippen molar-refractivity contribution < 1.29 is 18.9 Å². The van der Waals surface area contributed by atoms with Crippen LogP contribution in [-0.2, 0) is 18.9 Å². The summed E-state index contributed by atoms with van der Waals surface area (Å²) in [5, 5.41) is 0. The number of unbranched alkanes of at least 4 members (excludes halogenated alkanes) is 8. The molecule has 0 aromatic heterocycles. The standard InChI is InChI=1S/C38H64O4/c1-5-7-9-11-13-27-41-35-23-17-31(18-24-35)15-21-33-29-38(40-4)34(30-37(33)39-3)22-16-32-19-25-36(26-20-32)42-28-14-12-10-8-6-2/h31-38H,5-14,17-20,23-30H2,1-4H3. The van der Waals surface area contributed by atoms with E-state index in [-0.39, 0.29) is 24.0 Å². The molecule has 3 fully saturated rings. The summed E-state index contributed by atoms with van der Waals surface area (Å²) in [4.78, 5) is 0. The van der Waals surface area contributed by atoms with Crippen LogP contribution in [0.2, 0.25) is 0 Å². The maximum absolute atomic E-state index is 6.18. The summed E-state index contributed by atoms with van der Waals surface area (Å²) in [6, 6.07) is 0. The lowest BCUT2D eigenvalue weighted by Gasteiger charge is -2.36. The van der Waals surface area contributed by atoms with Gasteiger partial charge in [-0.3, -0.25) is 0 Å². The highest BCUT2D eigenvalue weighted by Gasteiger charge is 2.36. The Morgan fingerprint density at radius 2 is 0.857 bits per heavy atom. The van der Waals surface area contributed by atoms with Crippen molar-refractivity contribution in [1.82, 2.24) is 0 Å². The van der Waals surface area contributed by atoms with Crippen LogP contribution in [-0.4, -0.2) is 51.8 Å². The van der Waals surface area contributed by atoms with Gasteiger partial charge in [-0.25, -0.2) is 0 Å². The first-order chi connectivity index (χ1) is 20.7. The Morgan fingerprint density at radius 3 is 1.21 bits per heavy atom. The molecule has 0 N–H and O–H groups in total. The van der Waals surface area contributed by atoms with Crippen LogP contribution in [0.15, 0.2) is 0 Å². The monoisotopic (exact) mass is 584 g/mol. The zero-order valence-electron chi connectivity index (χ0n) is 27.8.